The molecule has 98 valence electrons. The number of aromatic nitrogens is 1. The molecule has 2 atom stereocenters. The van der Waals surface area contributed by atoms with E-state index in [1.54, 1.807) is 22.7 Å². The van der Waals surface area contributed by atoms with E-state index in [1.807, 2.05) is 24.4 Å². The Morgan fingerprint density at radius 1 is 1.44 bits per heavy atom. The number of aliphatic hydroxyl groups excluding tert-OH is 1. The number of hydrogen-bond donors (Lipinski definition) is 2. The molecule has 0 aliphatic heterocycles. The lowest BCUT2D eigenvalue weighted by Crippen LogP contribution is -2.27. The van der Waals surface area contributed by atoms with Crippen LogP contribution >= 0.6 is 22.7 Å². The predicted molar refractivity (Wildman–Crippen MR) is 77.0 cm³/mol. The summed E-state index contributed by atoms with van der Waals surface area (Å²) in [7, 11) is 0. The van der Waals surface area contributed by atoms with Crippen LogP contribution in [0.3, 0.4) is 0 Å². The minimum absolute atomic E-state index is 0.270. The summed E-state index contributed by atoms with van der Waals surface area (Å²) in [4.78, 5) is 5.44. The van der Waals surface area contributed by atoms with Crippen molar-refractivity contribution < 1.29 is 5.11 Å². The van der Waals surface area contributed by atoms with E-state index in [0.717, 1.165) is 28.5 Å². The number of nitrogens with one attached hydrogen (secondary N) is 1. The SMILES string of the molecule is Cc1csc(CN[C@@H](C)C[C@H](O)c2cccs2)n1. The monoisotopic (exact) mass is 282 g/mol. The minimum Gasteiger partial charge on any atom is -0.388 e. The zero-order chi connectivity index (χ0) is 13.0. The fourth-order valence-electron chi connectivity index (χ4n) is 1.76. The molecule has 2 heterocycles. The van der Waals surface area contributed by atoms with Crippen LogP contribution in [-0.2, 0) is 6.54 Å². The fraction of sp³-hybridized carbons (Fsp3) is 0.462. The molecule has 2 aromatic heterocycles. The van der Waals surface area contributed by atoms with Gasteiger partial charge < -0.3 is 10.4 Å². The van der Waals surface area contributed by atoms with Gasteiger partial charge in [-0.3, -0.25) is 0 Å². The highest BCUT2D eigenvalue weighted by Crippen LogP contribution is 2.22. The summed E-state index contributed by atoms with van der Waals surface area (Å²) in [6.07, 6.45) is 0.357. The second-order valence-electron chi connectivity index (χ2n) is 4.43. The quantitative estimate of drug-likeness (QED) is 0.855. The molecule has 0 aliphatic rings. The number of nitrogens with zero attached hydrogens (tertiary/aromatic N) is 1. The molecule has 18 heavy (non-hydrogen) atoms. The van der Waals surface area contributed by atoms with Gasteiger partial charge in [0.2, 0.25) is 0 Å². The maximum absolute atomic E-state index is 10.0. The minimum atomic E-state index is -0.370. The van der Waals surface area contributed by atoms with Gasteiger partial charge >= 0.3 is 0 Å². The first-order valence-electron chi connectivity index (χ1n) is 6.01. The van der Waals surface area contributed by atoms with Gasteiger partial charge in [0, 0.05) is 28.5 Å². The third kappa shape index (κ3) is 3.88. The Morgan fingerprint density at radius 3 is 2.89 bits per heavy atom. The molecule has 2 N–H and O–H groups in total. The molecular weight excluding hydrogens is 264 g/mol. The average molecular weight is 282 g/mol. The Kier molecular flexibility index (Phi) is 4.88. The van der Waals surface area contributed by atoms with Gasteiger partial charge in [0.1, 0.15) is 5.01 Å². The molecule has 0 aliphatic carbocycles. The van der Waals surface area contributed by atoms with Crippen molar-refractivity contribution in [1.29, 1.82) is 0 Å². The van der Waals surface area contributed by atoms with Gasteiger partial charge in [-0.1, -0.05) is 6.07 Å². The van der Waals surface area contributed by atoms with Crippen molar-refractivity contribution in [2.24, 2.45) is 0 Å². The molecule has 0 unspecified atom stereocenters. The van der Waals surface area contributed by atoms with Gasteiger partial charge in [0.15, 0.2) is 0 Å². The molecule has 0 saturated heterocycles. The Bertz CT molecular complexity index is 467. The average Bonchev–Trinajstić information content (AvgIpc) is 2.97. The third-order valence-electron chi connectivity index (χ3n) is 2.72. The second-order valence-corrected chi connectivity index (χ2v) is 6.35. The Hall–Kier alpha value is -0.750. The Labute approximate surface area is 116 Å². The zero-order valence-electron chi connectivity index (χ0n) is 10.6. The molecule has 0 radical (unpaired) electrons. The van der Waals surface area contributed by atoms with Crippen LogP contribution in [0.4, 0.5) is 0 Å². The Morgan fingerprint density at radius 2 is 2.28 bits per heavy atom. The normalized spacial score (nSPS) is 14.6. The van der Waals surface area contributed by atoms with E-state index < -0.39 is 0 Å². The van der Waals surface area contributed by atoms with E-state index in [-0.39, 0.29) is 12.1 Å². The highest BCUT2D eigenvalue weighted by Gasteiger charge is 2.13. The summed E-state index contributed by atoms with van der Waals surface area (Å²) in [5.74, 6) is 0. The first-order chi connectivity index (χ1) is 8.65. The van der Waals surface area contributed by atoms with Crippen LogP contribution in [0.1, 0.15) is 35.0 Å². The summed E-state index contributed by atoms with van der Waals surface area (Å²) in [6, 6.07) is 4.22. The van der Waals surface area contributed by atoms with Crippen molar-refractivity contribution >= 4 is 22.7 Å². The summed E-state index contributed by atoms with van der Waals surface area (Å²) in [6.45, 7) is 4.87. The van der Waals surface area contributed by atoms with E-state index in [0.29, 0.717) is 0 Å². The number of aryl methyl sites for hydroxylation is 1. The number of thiazole rings is 1. The topological polar surface area (TPSA) is 45.1 Å². The smallest absolute Gasteiger partial charge is 0.107 e. The number of rotatable bonds is 6. The van der Waals surface area contributed by atoms with Crippen molar-refractivity contribution in [3.63, 3.8) is 0 Å². The van der Waals surface area contributed by atoms with Gasteiger partial charge in [-0.2, -0.15) is 0 Å². The van der Waals surface area contributed by atoms with Gasteiger partial charge in [0.05, 0.1) is 6.10 Å². The van der Waals surface area contributed by atoms with Crippen molar-refractivity contribution in [2.75, 3.05) is 0 Å². The van der Waals surface area contributed by atoms with Crippen LogP contribution in [0.25, 0.3) is 0 Å². The number of hydrogen-bond acceptors (Lipinski definition) is 5. The number of thiophene rings is 1. The summed E-state index contributed by atoms with van der Waals surface area (Å²) >= 11 is 3.28. The third-order valence-corrected chi connectivity index (χ3v) is 4.66. The van der Waals surface area contributed by atoms with Crippen LogP contribution < -0.4 is 5.32 Å². The van der Waals surface area contributed by atoms with E-state index in [9.17, 15) is 5.11 Å². The van der Waals surface area contributed by atoms with Crippen molar-refractivity contribution in [2.45, 2.75) is 39.0 Å². The van der Waals surface area contributed by atoms with Crippen LogP contribution in [0, 0.1) is 6.92 Å². The lowest BCUT2D eigenvalue weighted by atomic mass is 10.1. The summed E-state index contributed by atoms with van der Waals surface area (Å²) in [5.41, 5.74) is 1.07. The molecule has 0 fully saturated rings. The van der Waals surface area contributed by atoms with Crippen molar-refractivity contribution in [3.8, 4) is 0 Å². The number of aliphatic hydroxyl groups is 1. The first-order valence-corrected chi connectivity index (χ1v) is 7.77. The lowest BCUT2D eigenvalue weighted by molar-refractivity contribution is 0.157. The molecule has 2 aromatic rings. The van der Waals surface area contributed by atoms with Gasteiger partial charge in [-0.05, 0) is 31.7 Å². The van der Waals surface area contributed by atoms with E-state index >= 15 is 0 Å². The van der Waals surface area contributed by atoms with Gasteiger partial charge in [0.25, 0.3) is 0 Å². The molecule has 2 rings (SSSR count). The molecule has 0 bridgehead atoms. The first kappa shape index (κ1) is 13.7. The molecule has 0 spiro atoms. The second kappa shape index (κ2) is 6.43. The van der Waals surface area contributed by atoms with Crippen LogP contribution in [0.5, 0.6) is 0 Å². The lowest BCUT2D eigenvalue weighted by Gasteiger charge is -2.16. The standard InChI is InChI=1S/C13H18N2OS2/c1-9(6-11(16)12-4-3-5-17-12)14-7-13-15-10(2)8-18-13/h3-5,8-9,11,14,16H,6-7H2,1-2H3/t9-,11-/m0/s1. The van der Waals surface area contributed by atoms with Crippen LogP contribution in [0.2, 0.25) is 0 Å². The highest BCUT2D eigenvalue weighted by molar-refractivity contribution is 7.10. The molecule has 0 saturated carbocycles. The van der Waals surface area contributed by atoms with Gasteiger partial charge in [-0.15, -0.1) is 22.7 Å². The largest absolute Gasteiger partial charge is 0.388 e. The van der Waals surface area contributed by atoms with E-state index in [1.165, 1.54) is 0 Å². The zero-order valence-corrected chi connectivity index (χ0v) is 12.2. The molecular formula is C13H18N2OS2. The molecule has 0 aromatic carbocycles. The van der Waals surface area contributed by atoms with E-state index in [2.05, 4.69) is 22.6 Å². The molecule has 0 amide bonds. The molecule has 3 nitrogen and oxygen atoms in total. The molecule has 5 heteroatoms. The Balaban J connectivity index is 1.76. The highest BCUT2D eigenvalue weighted by atomic mass is 32.1. The van der Waals surface area contributed by atoms with E-state index in [4.69, 9.17) is 0 Å². The predicted octanol–water partition coefficient (Wildman–Crippen LogP) is 3.11. The van der Waals surface area contributed by atoms with Crippen LogP contribution in [-0.4, -0.2) is 16.1 Å². The fourth-order valence-corrected chi connectivity index (χ4v) is 3.21. The van der Waals surface area contributed by atoms with Gasteiger partial charge in [-0.25, -0.2) is 4.98 Å². The van der Waals surface area contributed by atoms with Crippen molar-refractivity contribution in [3.05, 3.63) is 38.5 Å². The summed E-state index contributed by atoms with van der Waals surface area (Å²) < 4.78 is 0. The van der Waals surface area contributed by atoms with Crippen LogP contribution in [0.15, 0.2) is 22.9 Å². The maximum Gasteiger partial charge on any atom is 0.107 e. The summed E-state index contributed by atoms with van der Waals surface area (Å²) in [5, 5.41) is 18.6. The van der Waals surface area contributed by atoms with Crippen molar-refractivity contribution in [1.82, 2.24) is 10.3 Å². The maximum atomic E-state index is 10.0.